The fourth-order valence-corrected chi connectivity index (χ4v) is 4.16. The van der Waals surface area contributed by atoms with Gasteiger partial charge in [0.05, 0.1) is 12.2 Å². The third-order valence-electron chi connectivity index (χ3n) is 4.50. The molecular weight excluding hydrogens is 418 g/mol. The Bertz CT molecular complexity index is 1130. The number of amides is 2. The number of rotatable bonds is 6. The van der Waals surface area contributed by atoms with E-state index in [1.807, 2.05) is 30.3 Å². The molecule has 0 saturated carbocycles. The van der Waals surface area contributed by atoms with Crippen molar-refractivity contribution >= 4 is 39.9 Å². The van der Waals surface area contributed by atoms with Crippen LogP contribution in [0.1, 0.15) is 17.3 Å². The highest BCUT2D eigenvalue weighted by Gasteiger charge is 2.29. The first-order chi connectivity index (χ1) is 15.1. The fourth-order valence-electron chi connectivity index (χ4n) is 3.09. The Morgan fingerprint density at radius 3 is 2.81 bits per heavy atom. The molecule has 2 aromatic heterocycles. The van der Waals surface area contributed by atoms with Crippen LogP contribution in [-0.2, 0) is 14.3 Å². The highest BCUT2D eigenvalue weighted by molar-refractivity contribution is 7.20. The van der Waals surface area contributed by atoms with Gasteiger partial charge in [0.25, 0.3) is 5.91 Å². The van der Waals surface area contributed by atoms with E-state index in [1.165, 1.54) is 22.4 Å². The summed E-state index contributed by atoms with van der Waals surface area (Å²) in [5, 5.41) is 3.12. The third kappa shape index (κ3) is 4.41. The predicted octanol–water partition coefficient (Wildman–Crippen LogP) is 3.35. The number of nitrogens with zero attached hydrogens (tertiary/aromatic N) is 2. The summed E-state index contributed by atoms with van der Waals surface area (Å²) in [5.74, 6) is -0.632. The lowest BCUT2D eigenvalue weighted by atomic mass is 10.1. The van der Waals surface area contributed by atoms with Crippen molar-refractivity contribution in [1.82, 2.24) is 4.98 Å². The summed E-state index contributed by atoms with van der Waals surface area (Å²) in [6.45, 7) is 1.51. The maximum Gasteiger partial charge on any atom is 0.341 e. The summed E-state index contributed by atoms with van der Waals surface area (Å²) in [7, 11) is 0. The molecule has 0 spiro atoms. The molecule has 3 aromatic rings. The molecule has 1 aromatic carbocycles. The van der Waals surface area contributed by atoms with Crippen molar-refractivity contribution in [1.29, 1.82) is 0 Å². The molecule has 2 amide bonds. The number of anilines is 2. The van der Waals surface area contributed by atoms with Crippen LogP contribution in [0.5, 0.6) is 5.75 Å². The molecule has 0 unspecified atom stereocenters. The highest BCUT2D eigenvalue weighted by atomic mass is 32.1. The predicted molar refractivity (Wildman–Crippen MR) is 116 cm³/mol. The first kappa shape index (κ1) is 20.5. The Balaban J connectivity index is 1.58. The van der Waals surface area contributed by atoms with Gasteiger partial charge >= 0.3 is 5.97 Å². The minimum Gasteiger partial charge on any atom is -0.480 e. The van der Waals surface area contributed by atoms with E-state index in [0.29, 0.717) is 10.8 Å². The van der Waals surface area contributed by atoms with Crippen LogP contribution in [0, 0.1) is 0 Å². The van der Waals surface area contributed by atoms with Crippen molar-refractivity contribution in [2.75, 3.05) is 30.0 Å². The van der Waals surface area contributed by atoms with Crippen LogP contribution in [0.3, 0.4) is 0 Å². The van der Waals surface area contributed by atoms with E-state index in [2.05, 4.69) is 10.3 Å². The van der Waals surface area contributed by atoms with Gasteiger partial charge in [0.1, 0.15) is 11.5 Å². The van der Waals surface area contributed by atoms with Gasteiger partial charge in [-0.3, -0.25) is 14.5 Å². The van der Waals surface area contributed by atoms with E-state index in [4.69, 9.17) is 9.47 Å². The number of aromatic nitrogens is 1. The second-order valence-corrected chi connectivity index (χ2v) is 7.63. The average molecular weight is 437 g/mol. The first-order valence-corrected chi connectivity index (χ1v) is 10.4. The van der Waals surface area contributed by atoms with Crippen LogP contribution in [0.25, 0.3) is 10.4 Å². The summed E-state index contributed by atoms with van der Waals surface area (Å²) in [5.41, 5.74) is 1.19. The van der Waals surface area contributed by atoms with Crippen LogP contribution in [0.2, 0.25) is 0 Å². The molecule has 8 nitrogen and oxygen atoms in total. The third-order valence-corrected chi connectivity index (χ3v) is 5.60. The van der Waals surface area contributed by atoms with Crippen molar-refractivity contribution in [2.45, 2.75) is 6.92 Å². The van der Waals surface area contributed by atoms with Crippen LogP contribution in [0.15, 0.2) is 54.7 Å². The summed E-state index contributed by atoms with van der Waals surface area (Å²) in [6.07, 6.45) is 1.52. The highest BCUT2D eigenvalue weighted by Crippen LogP contribution is 2.36. The summed E-state index contributed by atoms with van der Waals surface area (Å²) in [4.78, 5) is 43.8. The number of esters is 1. The number of fused-ring (bicyclic) bond motifs is 1. The number of hydrogen-bond donors (Lipinski definition) is 1. The normalized spacial score (nSPS) is 12.7. The number of hydrogen-bond acceptors (Lipinski definition) is 7. The lowest BCUT2D eigenvalue weighted by molar-refractivity contribution is -0.123. The minimum absolute atomic E-state index is 0.169. The first-order valence-electron chi connectivity index (χ1n) is 9.61. The molecule has 9 heteroatoms. The Morgan fingerprint density at radius 1 is 1.23 bits per heavy atom. The largest absolute Gasteiger partial charge is 0.480 e. The van der Waals surface area contributed by atoms with E-state index in [1.54, 1.807) is 25.1 Å². The SMILES string of the molecule is CCOC(=O)c1cc(-c2ccccc2)sc1NC(=O)CN1C(=O)COc2cccnc21. The molecule has 1 aliphatic rings. The number of carbonyl (C=O) groups excluding carboxylic acids is 3. The number of benzene rings is 1. The van der Waals surface area contributed by atoms with Gasteiger partial charge in [-0.1, -0.05) is 30.3 Å². The van der Waals surface area contributed by atoms with Gasteiger partial charge in [-0.05, 0) is 30.7 Å². The molecule has 0 bridgehead atoms. The van der Waals surface area contributed by atoms with Crippen molar-refractivity contribution in [3.8, 4) is 16.2 Å². The summed E-state index contributed by atoms with van der Waals surface area (Å²) < 4.78 is 10.5. The van der Waals surface area contributed by atoms with Crippen molar-refractivity contribution < 1.29 is 23.9 Å². The van der Waals surface area contributed by atoms with Crippen molar-refractivity contribution in [3.63, 3.8) is 0 Å². The zero-order valence-corrected chi connectivity index (χ0v) is 17.5. The average Bonchev–Trinajstić information content (AvgIpc) is 3.20. The van der Waals surface area contributed by atoms with Crippen LogP contribution >= 0.6 is 11.3 Å². The topological polar surface area (TPSA) is 97.8 Å². The van der Waals surface area contributed by atoms with Crippen LogP contribution < -0.4 is 15.0 Å². The zero-order valence-electron chi connectivity index (χ0n) is 16.7. The van der Waals surface area contributed by atoms with E-state index in [0.717, 1.165) is 10.4 Å². The van der Waals surface area contributed by atoms with Crippen LogP contribution in [0.4, 0.5) is 10.8 Å². The Labute approximate surface area is 182 Å². The number of pyridine rings is 1. The van der Waals surface area contributed by atoms with E-state index < -0.39 is 11.9 Å². The molecule has 0 fully saturated rings. The van der Waals surface area contributed by atoms with Gasteiger partial charge in [0.2, 0.25) is 5.91 Å². The number of thiophene rings is 1. The summed E-state index contributed by atoms with van der Waals surface area (Å²) in [6, 6.07) is 14.6. The zero-order chi connectivity index (χ0) is 21.8. The van der Waals surface area contributed by atoms with Gasteiger partial charge in [-0.15, -0.1) is 11.3 Å². The fraction of sp³-hybridized carbons (Fsp3) is 0.182. The Morgan fingerprint density at radius 2 is 2.03 bits per heavy atom. The number of ether oxygens (including phenoxy) is 2. The lowest BCUT2D eigenvalue weighted by Gasteiger charge is -2.27. The molecule has 1 N–H and O–H groups in total. The van der Waals surface area contributed by atoms with Crippen LogP contribution in [-0.4, -0.2) is 42.5 Å². The molecule has 3 heterocycles. The molecule has 0 saturated heterocycles. The van der Waals surface area contributed by atoms with E-state index in [-0.39, 0.29) is 37.0 Å². The van der Waals surface area contributed by atoms with E-state index in [9.17, 15) is 14.4 Å². The maximum absolute atomic E-state index is 12.8. The molecule has 0 atom stereocenters. The lowest BCUT2D eigenvalue weighted by Crippen LogP contribution is -2.44. The van der Waals surface area contributed by atoms with Gasteiger partial charge in [-0.2, -0.15) is 0 Å². The molecule has 31 heavy (non-hydrogen) atoms. The van der Waals surface area contributed by atoms with Crippen molar-refractivity contribution in [2.24, 2.45) is 0 Å². The minimum atomic E-state index is -0.523. The van der Waals surface area contributed by atoms with E-state index >= 15 is 0 Å². The second-order valence-electron chi connectivity index (χ2n) is 6.58. The summed E-state index contributed by atoms with van der Waals surface area (Å²) >= 11 is 1.27. The molecule has 0 aliphatic carbocycles. The van der Waals surface area contributed by atoms with Gasteiger partial charge in [0, 0.05) is 11.1 Å². The smallest absolute Gasteiger partial charge is 0.341 e. The number of carbonyl (C=O) groups is 3. The molecular formula is C22H19N3O5S. The quantitative estimate of drug-likeness (QED) is 0.594. The molecule has 0 radical (unpaired) electrons. The monoisotopic (exact) mass is 437 g/mol. The maximum atomic E-state index is 12.8. The van der Waals surface area contributed by atoms with Gasteiger partial charge < -0.3 is 14.8 Å². The molecule has 1 aliphatic heterocycles. The Kier molecular flexibility index (Phi) is 5.94. The molecule has 4 rings (SSSR count). The van der Waals surface area contributed by atoms with Gasteiger partial charge in [-0.25, -0.2) is 9.78 Å². The molecule has 158 valence electrons. The Hall–Kier alpha value is -3.72. The number of nitrogens with one attached hydrogen (secondary N) is 1. The van der Waals surface area contributed by atoms with Crippen molar-refractivity contribution in [3.05, 3.63) is 60.3 Å². The standard InChI is InChI=1S/C22H19N3O5S/c1-2-29-22(28)15-11-17(14-7-4-3-5-8-14)31-21(15)24-18(26)12-25-19(27)13-30-16-9-6-10-23-20(16)25/h3-11H,2,12-13H2,1H3,(H,24,26). The second kappa shape index (κ2) is 8.97. The van der Waals surface area contributed by atoms with Gasteiger partial charge in [0.15, 0.2) is 18.2 Å².